The predicted octanol–water partition coefficient (Wildman–Crippen LogP) is 19.9. The van der Waals surface area contributed by atoms with Crippen LogP contribution in [0.3, 0.4) is 0 Å². The van der Waals surface area contributed by atoms with E-state index in [1.807, 2.05) is 22.7 Å². The van der Waals surface area contributed by atoms with Gasteiger partial charge in [-0.2, -0.15) is 0 Å². The molecular weight excluding hydrogens is 919 g/mol. The molecule has 0 aliphatic heterocycles. The van der Waals surface area contributed by atoms with Gasteiger partial charge >= 0.3 is 0 Å². The SMILES string of the molecule is CC1(C)c2cc(-c3cccc4c3sc3ccccc34)ccc2-c2ccc(N(c3ccc(-c4cccc5c4sc4ccccc45)cc3)c3ccc4c(c3)-c3ccccc3C4(c3ccccc3)c3ccccc3)cc21. The summed E-state index contributed by atoms with van der Waals surface area (Å²) in [4.78, 5) is 2.49. The van der Waals surface area contributed by atoms with Crippen molar-refractivity contribution < 1.29 is 0 Å². The second kappa shape index (κ2) is 16.1. The van der Waals surface area contributed by atoms with E-state index in [4.69, 9.17) is 0 Å². The van der Waals surface area contributed by atoms with Crippen molar-refractivity contribution in [2.24, 2.45) is 0 Å². The molecule has 0 saturated heterocycles. The molecule has 11 aromatic carbocycles. The lowest BCUT2D eigenvalue weighted by atomic mass is 9.68. The van der Waals surface area contributed by atoms with Gasteiger partial charge in [0.2, 0.25) is 0 Å². The first-order chi connectivity index (χ1) is 35.9. The zero-order valence-electron chi connectivity index (χ0n) is 40.4. The number of fused-ring (bicyclic) bond motifs is 12. The highest BCUT2D eigenvalue weighted by Crippen LogP contribution is 2.58. The van der Waals surface area contributed by atoms with Gasteiger partial charge in [-0.05, 0) is 132 Å². The Morgan fingerprint density at radius 3 is 1.41 bits per heavy atom. The van der Waals surface area contributed by atoms with Crippen molar-refractivity contribution in [3.05, 3.63) is 282 Å². The molecule has 0 saturated carbocycles. The fourth-order valence-electron chi connectivity index (χ4n) is 12.8. The standard InChI is InChI=1S/C70H47NS2/c1-69(2)63-41-45(52-25-16-27-59-57-23-11-14-30-66(57)73-68(52)59)33-38-54(63)55-39-36-50(43-64(55)69)71(48-34-31-44(32-35-48)51-24-15-26-58-56-22-10-13-29-65(56)72-67(51)58)49-37-40-62-60(42-49)53-21-9-12-28-61(53)70(62,46-17-5-3-6-18-46)47-19-7-4-8-20-47/h3-43H,1-2H3. The summed E-state index contributed by atoms with van der Waals surface area (Å²) in [6, 6.07) is 93.4. The van der Waals surface area contributed by atoms with E-state index in [-0.39, 0.29) is 5.41 Å². The van der Waals surface area contributed by atoms with E-state index in [2.05, 4.69) is 267 Å². The predicted molar refractivity (Wildman–Crippen MR) is 313 cm³/mol. The summed E-state index contributed by atoms with van der Waals surface area (Å²) in [7, 11) is 0. The van der Waals surface area contributed by atoms with E-state index in [0.29, 0.717) is 0 Å². The molecule has 15 rings (SSSR count). The molecule has 13 aromatic rings. The van der Waals surface area contributed by atoms with Gasteiger partial charge in [-0.3, -0.25) is 0 Å². The van der Waals surface area contributed by atoms with Crippen molar-refractivity contribution >= 4 is 80.1 Å². The molecule has 0 N–H and O–H groups in total. The summed E-state index contributed by atoms with van der Waals surface area (Å²) in [5.41, 5.74) is 20.7. The minimum absolute atomic E-state index is 0.245. The molecule has 344 valence electrons. The van der Waals surface area contributed by atoms with Crippen LogP contribution in [0.4, 0.5) is 17.1 Å². The molecular formula is C70H47NS2. The van der Waals surface area contributed by atoms with Gasteiger partial charge in [-0.15, -0.1) is 22.7 Å². The fourth-order valence-corrected chi connectivity index (χ4v) is 15.3. The second-order valence-corrected chi connectivity index (χ2v) is 22.4. The van der Waals surface area contributed by atoms with Gasteiger partial charge in [0.25, 0.3) is 0 Å². The maximum Gasteiger partial charge on any atom is 0.0713 e. The van der Waals surface area contributed by atoms with Gasteiger partial charge in [0, 0.05) is 62.8 Å². The summed E-state index contributed by atoms with van der Waals surface area (Å²) in [5.74, 6) is 0. The summed E-state index contributed by atoms with van der Waals surface area (Å²) in [5, 5.41) is 5.30. The van der Waals surface area contributed by atoms with Crippen molar-refractivity contribution in [1.82, 2.24) is 0 Å². The summed E-state index contributed by atoms with van der Waals surface area (Å²) < 4.78 is 5.33. The second-order valence-electron chi connectivity index (χ2n) is 20.3. The third kappa shape index (κ3) is 6.19. The van der Waals surface area contributed by atoms with Crippen molar-refractivity contribution in [1.29, 1.82) is 0 Å². The average Bonchev–Trinajstić information content (AvgIpc) is 4.22. The Kier molecular flexibility index (Phi) is 9.33. The molecule has 1 nitrogen and oxygen atoms in total. The fraction of sp³-hybridized carbons (Fsp3) is 0.0571. The van der Waals surface area contributed by atoms with Gasteiger partial charge in [0.15, 0.2) is 0 Å². The summed E-state index contributed by atoms with van der Waals surface area (Å²) in [6.07, 6.45) is 0. The quantitative estimate of drug-likeness (QED) is 0.154. The van der Waals surface area contributed by atoms with Crippen LogP contribution in [-0.4, -0.2) is 0 Å². The highest BCUT2D eigenvalue weighted by atomic mass is 32.1. The van der Waals surface area contributed by atoms with Crippen LogP contribution in [0.5, 0.6) is 0 Å². The largest absolute Gasteiger partial charge is 0.310 e. The van der Waals surface area contributed by atoms with Crippen molar-refractivity contribution in [3.63, 3.8) is 0 Å². The average molecular weight is 966 g/mol. The summed E-state index contributed by atoms with van der Waals surface area (Å²) in [6.45, 7) is 4.83. The summed E-state index contributed by atoms with van der Waals surface area (Å²) >= 11 is 3.79. The first-order valence-electron chi connectivity index (χ1n) is 25.3. The van der Waals surface area contributed by atoms with E-state index in [1.54, 1.807) is 0 Å². The molecule has 2 aliphatic rings. The number of hydrogen-bond acceptors (Lipinski definition) is 3. The highest BCUT2D eigenvalue weighted by Gasteiger charge is 2.46. The maximum absolute atomic E-state index is 2.49. The Morgan fingerprint density at radius 2 is 0.753 bits per heavy atom. The minimum Gasteiger partial charge on any atom is -0.310 e. The Morgan fingerprint density at radius 1 is 0.301 bits per heavy atom. The smallest absolute Gasteiger partial charge is 0.0713 e. The minimum atomic E-state index is -0.474. The van der Waals surface area contributed by atoms with Crippen LogP contribution in [0, 0.1) is 0 Å². The van der Waals surface area contributed by atoms with Crippen molar-refractivity contribution in [3.8, 4) is 44.5 Å². The monoisotopic (exact) mass is 965 g/mol. The number of anilines is 3. The molecule has 0 unspecified atom stereocenters. The van der Waals surface area contributed by atoms with Crippen LogP contribution in [0.25, 0.3) is 84.9 Å². The third-order valence-electron chi connectivity index (χ3n) is 16.2. The molecule has 2 heterocycles. The van der Waals surface area contributed by atoms with Gasteiger partial charge in [-0.25, -0.2) is 0 Å². The van der Waals surface area contributed by atoms with E-state index in [0.717, 1.165) is 17.1 Å². The Hall–Kier alpha value is -8.34. The lowest BCUT2D eigenvalue weighted by molar-refractivity contribution is 0.660. The third-order valence-corrected chi connectivity index (χ3v) is 18.6. The van der Waals surface area contributed by atoms with E-state index < -0.39 is 5.41 Å². The zero-order chi connectivity index (χ0) is 48.4. The molecule has 0 bridgehead atoms. The lowest BCUT2D eigenvalue weighted by Gasteiger charge is -2.34. The molecule has 0 radical (unpaired) electrons. The first kappa shape index (κ1) is 42.4. The molecule has 0 fully saturated rings. The van der Waals surface area contributed by atoms with E-state index >= 15 is 0 Å². The number of hydrogen-bond donors (Lipinski definition) is 0. The molecule has 0 spiro atoms. The van der Waals surface area contributed by atoms with Gasteiger partial charge in [-0.1, -0.05) is 208 Å². The van der Waals surface area contributed by atoms with Crippen molar-refractivity contribution in [2.75, 3.05) is 4.90 Å². The van der Waals surface area contributed by atoms with Crippen LogP contribution in [-0.2, 0) is 10.8 Å². The van der Waals surface area contributed by atoms with E-state index in [9.17, 15) is 0 Å². The van der Waals surface area contributed by atoms with Crippen LogP contribution >= 0.6 is 22.7 Å². The van der Waals surface area contributed by atoms with Gasteiger partial charge in [0.1, 0.15) is 0 Å². The molecule has 73 heavy (non-hydrogen) atoms. The highest BCUT2D eigenvalue weighted by molar-refractivity contribution is 7.26. The van der Waals surface area contributed by atoms with Crippen LogP contribution in [0.1, 0.15) is 47.2 Å². The Bertz CT molecular complexity index is 4310. The number of rotatable bonds is 7. The lowest BCUT2D eigenvalue weighted by Crippen LogP contribution is -2.28. The van der Waals surface area contributed by atoms with Crippen LogP contribution < -0.4 is 4.90 Å². The number of nitrogens with zero attached hydrogens (tertiary/aromatic N) is 1. The van der Waals surface area contributed by atoms with E-state index in [1.165, 1.54) is 118 Å². The van der Waals surface area contributed by atoms with Gasteiger partial charge < -0.3 is 4.90 Å². The molecule has 0 amide bonds. The number of thiophene rings is 2. The maximum atomic E-state index is 2.49. The molecule has 3 heteroatoms. The Balaban J connectivity index is 0.894. The van der Waals surface area contributed by atoms with Crippen LogP contribution in [0.15, 0.2) is 249 Å². The molecule has 0 atom stereocenters. The normalized spacial score (nSPS) is 13.8. The van der Waals surface area contributed by atoms with Crippen LogP contribution in [0.2, 0.25) is 0 Å². The van der Waals surface area contributed by atoms with Gasteiger partial charge in [0.05, 0.1) is 5.41 Å². The van der Waals surface area contributed by atoms with Crippen molar-refractivity contribution in [2.45, 2.75) is 24.7 Å². The topological polar surface area (TPSA) is 3.24 Å². The molecule has 2 aromatic heterocycles. The Labute approximate surface area is 433 Å². The molecule has 2 aliphatic carbocycles. The number of benzene rings is 11. The zero-order valence-corrected chi connectivity index (χ0v) is 42.1. The first-order valence-corrected chi connectivity index (χ1v) is 26.9.